The lowest BCUT2D eigenvalue weighted by Gasteiger charge is -2.14. The van der Waals surface area contributed by atoms with Crippen molar-refractivity contribution >= 4 is 28.4 Å². The van der Waals surface area contributed by atoms with Gasteiger partial charge in [-0.3, -0.25) is 4.79 Å². The number of aromatic nitrogens is 1. The molecule has 8 heteroatoms. The van der Waals surface area contributed by atoms with Gasteiger partial charge in [-0.15, -0.1) is 0 Å². The van der Waals surface area contributed by atoms with Crippen molar-refractivity contribution in [1.82, 2.24) is 9.88 Å². The average molecular weight is 441 g/mol. The van der Waals surface area contributed by atoms with Crippen LogP contribution >= 0.6 is 11.6 Å². The zero-order valence-electron chi connectivity index (χ0n) is 18.1. The van der Waals surface area contributed by atoms with E-state index in [1.165, 1.54) is 14.2 Å². The van der Waals surface area contributed by atoms with Crippen LogP contribution in [-0.2, 0) is 29.0 Å². The Morgan fingerprint density at radius 3 is 2.50 bits per heavy atom. The molecule has 0 atom stereocenters. The first-order valence-corrected chi connectivity index (χ1v) is 10.5. The van der Waals surface area contributed by atoms with E-state index < -0.39 is 5.82 Å². The quantitative estimate of drug-likeness (QED) is 0.696. The van der Waals surface area contributed by atoms with Crippen molar-refractivity contribution in [3.63, 3.8) is 0 Å². The number of unbranched alkanes of at least 4 members (excludes halogenated alkanes) is 1. The van der Waals surface area contributed by atoms with Crippen LogP contribution < -0.4 is 4.74 Å². The molecule has 2 heterocycles. The predicted octanol–water partition coefficient (Wildman–Crippen LogP) is 4.26. The summed E-state index contributed by atoms with van der Waals surface area (Å²) in [7, 11) is 2.94. The second-order valence-corrected chi connectivity index (χ2v) is 7.51. The van der Waals surface area contributed by atoms with E-state index in [2.05, 4.69) is 11.9 Å². The number of halogens is 2. The number of carbonyl (C=O) groups is 1. The fourth-order valence-corrected chi connectivity index (χ4v) is 3.59. The minimum absolute atomic E-state index is 0.0210. The van der Waals surface area contributed by atoms with Gasteiger partial charge in [0.1, 0.15) is 22.9 Å². The SMILES string of the molecule is CCCCc1nc2c(F)c(Cl)c(OC)cc2c2c1CN(C(=O)COC)C2.CCCO. The van der Waals surface area contributed by atoms with Crippen LogP contribution in [0.15, 0.2) is 6.07 Å². The zero-order valence-corrected chi connectivity index (χ0v) is 18.8. The largest absolute Gasteiger partial charge is 0.495 e. The van der Waals surface area contributed by atoms with Crippen molar-refractivity contribution in [2.75, 3.05) is 27.4 Å². The van der Waals surface area contributed by atoms with Gasteiger partial charge in [-0.2, -0.15) is 0 Å². The maximum Gasteiger partial charge on any atom is 0.249 e. The fourth-order valence-electron chi connectivity index (χ4n) is 3.37. The summed E-state index contributed by atoms with van der Waals surface area (Å²) in [5.74, 6) is -0.411. The molecular formula is C22H30ClFN2O4. The van der Waals surface area contributed by atoms with Gasteiger partial charge in [0.2, 0.25) is 5.91 Å². The number of hydrogen-bond donors (Lipinski definition) is 1. The molecule has 166 valence electrons. The Hall–Kier alpha value is -1.96. The molecule has 6 nitrogen and oxygen atoms in total. The minimum atomic E-state index is -0.580. The predicted molar refractivity (Wildman–Crippen MR) is 115 cm³/mol. The van der Waals surface area contributed by atoms with E-state index in [0.29, 0.717) is 25.1 Å². The first-order valence-electron chi connectivity index (χ1n) is 10.2. The molecule has 30 heavy (non-hydrogen) atoms. The number of methoxy groups -OCH3 is 2. The molecule has 1 aromatic heterocycles. The number of hydrogen-bond acceptors (Lipinski definition) is 5. The summed E-state index contributed by atoms with van der Waals surface area (Å²) < 4.78 is 25.0. The first-order chi connectivity index (χ1) is 14.4. The molecule has 0 fully saturated rings. The summed E-state index contributed by atoms with van der Waals surface area (Å²) >= 11 is 6.08. The molecule has 0 spiro atoms. The highest BCUT2D eigenvalue weighted by atomic mass is 35.5. The Balaban J connectivity index is 0.000000735. The number of aliphatic hydroxyl groups is 1. The molecular weight excluding hydrogens is 411 g/mol. The third-order valence-corrected chi connectivity index (χ3v) is 5.31. The Bertz CT molecular complexity index is 890. The van der Waals surface area contributed by atoms with Crippen LogP contribution in [0.5, 0.6) is 5.75 Å². The van der Waals surface area contributed by atoms with Gasteiger partial charge in [0.05, 0.1) is 7.11 Å². The van der Waals surface area contributed by atoms with Crippen molar-refractivity contribution in [1.29, 1.82) is 0 Å². The van der Waals surface area contributed by atoms with Gasteiger partial charge in [0, 0.05) is 37.9 Å². The topological polar surface area (TPSA) is 71.9 Å². The molecule has 0 bridgehead atoms. The molecule has 0 saturated carbocycles. The normalized spacial score (nSPS) is 12.6. The lowest BCUT2D eigenvalue weighted by Crippen LogP contribution is -2.28. The van der Waals surface area contributed by atoms with Gasteiger partial charge < -0.3 is 19.5 Å². The number of pyridine rings is 1. The first kappa shape index (κ1) is 24.3. The van der Waals surface area contributed by atoms with Gasteiger partial charge in [-0.25, -0.2) is 9.37 Å². The number of carbonyl (C=O) groups excluding carboxylic acids is 1. The second kappa shape index (κ2) is 11.4. The highest BCUT2D eigenvalue weighted by Gasteiger charge is 2.30. The van der Waals surface area contributed by atoms with Crippen molar-refractivity contribution in [3.8, 4) is 5.75 Å². The van der Waals surface area contributed by atoms with Crippen molar-refractivity contribution < 1.29 is 23.8 Å². The third-order valence-electron chi connectivity index (χ3n) is 4.96. The Labute approximate surface area is 181 Å². The molecule has 1 amide bonds. The molecule has 2 aromatic rings. The van der Waals surface area contributed by atoms with Crippen LogP contribution in [-0.4, -0.2) is 48.3 Å². The van der Waals surface area contributed by atoms with Crippen molar-refractivity contribution in [3.05, 3.63) is 33.7 Å². The van der Waals surface area contributed by atoms with Gasteiger partial charge in [-0.05, 0) is 36.5 Å². The molecule has 1 aromatic carbocycles. The van der Waals surface area contributed by atoms with E-state index in [1.54, 1.807) is 11.0 Å². The van der Waals surface area contributed by atoms with E-state index in [9.17, 15) is 9.18 Å². The summed E-state index contributed by atoms with van der Waals surface area (Å²) in [6.45, 7) is 5.23. The maximum atomic E-state index is 14.8. The number of aliphatic hydroxyl groups excluding tert-OH is 1. The molecule has 0 aliphatic carbocycles. The van der Waals surface area contributed by atoms with E-state index >= 15 is 0 Å². The van der Waals surface area contributed by atoms with E-state index in [1.807, 2.05) is 6.92 Å². The number of benzene rings is 1. The number of aryl methyl sites for hydroxylation is 1. The molecule has 0 unspecified atom stereocenters. The standard InChI is InChI=1S/C19H22ClFN2O3.C3H8O/c1-4-5-6-14-13-9-23(16(24)10-25-2)8-12(13)11-7-15(26-3)17(20)18(21)19(11)22-14;1-2-3-4/h7H,4-6,8-10H2,1-3H3;4H,2-3H2,1H3. The van der Waals surface area contributed by atoms with Crippen LogP contribution in [0.3, 0.4) is 0 Å². The molecule has 0 radical (unpaired) electrons. The number of fused-ring (bicyclic) bond motifs is 3. The highest BCUT2D eigenvalue weighted by molar-refractivity contribution is 6.33. The smallest absolute Gasteiger partial charge is 0.249 e. The van der Waals surface area contributed by atoms with Crippen molar-refractivity contribution in [2.45, 2.75) is 52.6 Å². The van der Waals surface area contributed by atoms with Crippen molar-refractivity contribution in [2.24, 2.45) is 0 Å². The van der Waals surface area contributed by atoms with Crippen LogP contribution in [0.4, 0.5) is 4.39 Å². The van der Waals surface area contributed by atoms with Crippen LogP contribution in [0.25, 0.3) is 10.9 Å². The lowest BCUT2D eigenvalue weighted by atomic mass is 10.00. The third kappa shape index (κ3) is 5.20. The summed E-state index contributed by atoms with van der Waals surface area (Å²) in [5.41, 5.74) is 2.99. The number of rotatable bonds is 7. The van der Waals surface area contributed by atoms with E-state index in [0.717, 1.165) is 42.5 Å². The Kier molecular flexibility index (Phi) is 9.27. The van der Waals surface area contributed by atoms with Gasteiger partial charge in [0.25, 0.3) is 0 Å². The molecule has 0 saturated heterocycles. The monoisotopic (exact) mass is 440 g/mol. The fraction of sp³-hybridized carbons (Fsp3) is 0.545. The van der Waals surface area contributed by atoms with Gasteiger partial charge in [-0.1, -0.05) is 31.9 Å². The maximum absolute atomic E-state index is 14.8. The molecule has 1 aliphatic rings. The van der Waals surface area contributed by atoms with E-state index in [-0.39, 0.29) is 28.8 Å². The van der Waals surface area contributed by atoms with Gasteiger partial charge >= 0.3 is 0 Å². The lowest BCUT2D eigenvalue weighted by molar-refractivity contribution is -0.135. The van der Waals surface area contributed by atoms with E-state index in [4.69, 9.17) is 26.2 Å². The molecule has 3 rings (SSSR count). The minimum Gasteiger partial charge on any atom is -0.495 e. The summed E-state index contributed by atoms with van der Waals surface area (Å²) in [6.07, 6.45) is 3.57. The summed E-state index contributed by atoms with van der Waals surface area (Å²) in [5, 5.41) is 8.45. The number of ether oxygens (including phenoxy) is 2. The number of amides is 1. The Morgan fingerprint density at radius 2 is 1.93 bits per heavy atom. The Morgan fingerprint density at radius 1 is 1.27 bits per heavy atom. The molecule has 1 N–H and O–H groups in total. The second-order valence-electron chi connectivity index (χ2n) is 7.13. The average Bonchev–Trinajstić information content (AvgIpc) is 3.21. The van der Waals surface area contributed by atoms with Crippen LogP contribution in [0.1, 0.15) is 49.9 Å². The summed E-state index contributed by atoms with van der Waals surface area (Å²) in [4.78, 5) is 18.6. The molecule has 1 aliphatic heterocycles. The van der Waals surface area contributed by atoms with Crippen LogP contribution in [0, 0.1) is 5.82 Å². The highest BCUT2D eigenvalue weighted by Crippen LogP contribution is 2.39. The number of nitrogens with zero attached hydrogens (tertiary/aromatic N) is 2. The zero-order chi connectivity index (χ0) is 22.3. The van der Waals surface area contributed by atoms with Gasteiger partial charge in [0.15, 0.2) is 5.82 Å². The summed E-state index contributed by atoms with van der Waals surface area (Å²) in [6, 6.07) is 1.71. The van der Waals surface area contributed by atoms with Crippen LogP contribution in [0.2, 0.25) is 5.02 Å².